The Labute approximate surface area is 114 Å². The maximum absolute atomic E-state index is 13.4. The molecule has 20 heavy (non-hydrogen) atoms. The molecule has 1 aromatic carbocycles. The van der Waals surface area contributed by atoms with Crippen LogP contribution in [0.2, 0.25) is 0 Å². The van der Waals surface area contributed by atoms with E-state index in [1.165, 1.54) is 12.1 Å². The monoisotopic (exact) mass is 272 g/mol. The van der Waals surface area contributed by atoms with E-state index in [4.69, 9.17) is 4.74 Å². The van der Waals surface area contributed by atoms with Gasteiger partial charge in [0, 0.05) is 31.5 Å². The maximum Gasteiger partial charge on any atom is 0.180 e. The van der Waals surface area contributed by atoms with Crippen molar-refractivity contribution in [2.45, 2.75) is 0 Å². The van der Waals surface area contributed by atoms with Gasteiger partial charge in [-0.3, -0.25) is 4.40 Å². The van der Waals surface area contributed by atoms with Gasteiger partial charge in [0.1, 0.15) is 5.82 Å². The first-order chi connectivity index (χ1) is 9.83. The van der Waals surface area contributed by atoms with E-state index in [0.29, 0.717) is 18.7 Å². The molecule has 3 heterocycles. The normalized spacial score (nSPS) is 16.1. The minimum absolute atomic E-state index is 0.280. The Morgan fingerprint density at radius 3 is 2.90 bits per heavy atom. The van der Waals surface area contributed by atoms with Gasteiger partial charge in [-0.1, -0.05) is 0 Å². The van der Waals surface area contributed by atoms with Crippen molar-refractivity contribution in [3.05, 3.63) is 36.4 Å². The van der Waals surface area contributed by atoms with E-state index < -0.39 is 0 Å². The predicted molar refractivity (Wildman–Crippen MR) is 73.5 cm³/mol. The number of anilines is 1. The Balaban J connectivity index is 1.99. The fraction of sp³-hybridized carbons (Fsp3) is 0.286. The number of fused-ring (bicyclic) bond motifs is 3. The Bertz CT molecular complexity index is 779. The van der Waals surface area contributed by atoms with Gasteiger partial charge in [0.25, 0.3) is 0 Å². The van der Waals surface area contributed by atoms with Crippen LogP contribution in [0.15, 0.2) is 30.6 Å². The van der Waals surface area contributed by atoms with Crippen molar-refractivity contribution in [1.29, 1.82) is 0 Å². The molecule has 6 heteroatoms. The van der Waals surface area contributed by atoms with E-state index in [2.05, 4.69) is 14.9 Å². The smallest absolute Gasteiger partial charge is 0.180 e. The van der Waals surface area contributed by atoms with Crippen molar-refractivity contribution in [1.82, 2.24) is 14.4 Å². The molecule has 4 rings (SSSR count). The van der Waals surface area contributed by atoms with Gasteiger partial charge in [0.05, 0.1) is 24.2 Å². The second kappa shape index (κ2) is 4.42. The first-order valence-electron chi connectivity index (χ1n) is 6.58. The van der Waals surface area contributed by atoms with Gasteiger partial charge in [-0.25, -0.2) is 14.4 Å². The minimum Gasteiger partial charge on any atom is -0.378 e. The van der Waals surface area contributed by atoms with Gasteiger partial charge in [0.2, 0.25) is 0 Å². The summed E-state index contributed by atoms with van der Waals surface area (Å²) in [6.07, 6.45) is 3.62. The highest BCUT2D eigenvalue weighted by molar-refractivity contribution is 5.83. The largest absolute Gasteiger partial charge is 0.378 e. The molecule has 1 fully saturated rings. The van der Waals surface area contributed by atoms with Crippen LogP contribution in [-0.4, -0.2) is 40.7 Å². The Morgan fingerprint density at radius 1 is 1.20 bits per heavy atom. The molecule has 0 aliphatic carbocycles. The number of imidazole rings is 1. The summed E-state index contributed by atoms with van der Waals surface area (Å²) in [5.41, 5.74) is 2.29. The van der Waals surface area contributed by atoms with E-state index in [0.717, 1.165) is 30.1 Å². The van der Waals surface area contributed by atoms with Crippen molar-refractivity contribution in [3.63, 3.8) is 0 Å². The fourth-order valence-electron chi connectivity index (χ4n) is 2.60. The van der Waals surface area contributed by atoms with Crippen LogP contribution in [0, 0.1) is 5.82 Å². The van der Waals surface area contributed by atoms with Gasteiger partial charge in [-0.15, -0.1) is 0 Å². The van der Waals surface area contributed by atoms with Crippen LogP contribution in [0.4, 0.5) is 10.2 Å². The van der Waals surface area contributed by atoms with Crippen LogP contribution in [0.3, 0.4) is 0 Å². The molecule has 0 amide bonds. The highest BCUT2D eigenvalue weighted by atomic mass is 19.1. The quantitative estimate of drug-likeness (QED) is 0.678. The second-order valence-electron chi connectivity index (χ2n) is 4.79. The molecule has 1 aliphatic heterocycles. The molecule has 0 bridgehead atoms. The molecule has 3 aromatic rings. The first-order valence-corrected chi connectivity index (χ1v) is 6.58. The van der Waals surface area contributed by atoms with Crippen LogP contribution in [0.25, 0.3) is 16.7 Å². The third-order valence-corrected chi connectivity index (χ3v) is 3.57. The highest BCUT2D eigenvalue weighted by Gasteiger charge is 2.18. The van der Waals surface area contributed by atoms with Gasteiger partial charge >= 0.3 is 0 Å². The number of nitrogens with zero attached hydrogens (tertiary/aromatic N) is 4. The lowest BCUT2D eigenvalue weighted by molar-refractivity contribution is 0.122. The summed E-state index contributed by atoms with van der Waals surface area (Å²) in [5, 5.41) is 0. The minimum atomic E-state index is -0.280. The van der Waals surface area contributed by atoms with E-state index in [1.807, 2.05) is 10.6 Å². The highest BCUT2D eigenvalue weighted by Crippen LogP contribution is 2.24. The van der Waals surface area contributed by atoms with Crippen molar-refractivity contribution in [2.75, 3.05) is 31.2 Å². The van der Waals surface area contributed by atoms with Gasteiger partial charge in [0.15, 0.2) is 11.5 Å². The van der Waals surface area contributed by atoms with Crippen molar-refractivity contribution >= 4 is 22.5 Å². The van der Waals surface area contributed by atoms with Crippen LogP contribution in [-0.2, 0) is 4.74 Å². The Hall–Kier alpha value is -2.21. The van der Waals surface area contributed by atoms with Crippen molar-refractivity contribution < 1.29 is 9.13 Å². The molecule has 0 saturated carbocycles. The number of hydrogen-bond donors (Lipinski definition) is 0. The first kappa shape index (κ1) is 11.6. The lowest BCUT2D eigenvalue weighted by Crippen LogP contribution is -2.37. The molecular formula is C14H13FN4O. The van der Waals surface area contributed by atoms with Gasteiger partial charge in [-0.2, -0.15) is 0 Å². The summed E-state index contributed by atoms with van der Waals surface area (Å²) < 4.78 is 20.8. The van der Waals surface area contributed by atoms with E-state index >= 15 is 0 Å². The van der Waals surface area contributed by atoms with Gasteiger partial charge in [-0.05, 0) is 12.1 Å². The molecule has 0 atom stereocenters. The topological polar surface area (TPSA) is 42.7 Å². The zero-order valence-corrected chi connectivity index (χ0v) is 10.8. The lowest BCUT2D eigenvalue weighted by atomic mass is 10.3. The SMILES string of the molecule is Fc1ccc2c(c1)nc(N1CCOCC1)c1nccn12. The number of ether oxygens (including phenoxy) is 1. The molecule has 0 spiro atoms. The predicted octanol–water partition coefficient (Wildman–Crippen LogP) is 1.86. The van der Waals surface area contributed by atoms with Gasteiger partial charge < -0.3 is 9.64 Å². The zero-order valence-electron chi connectivity index (χ0n) is 10.8. The number of aromatic nitrogens is 3. The third-order valence-electron chi connectivity index (χ3n) is 3.57. The molecule has 0 unspecified atom stereocenters. The maximum atomic E-state index is 13.4. The molecule has 0 radical (unpaired) electrons. The molecule has 0 N–H and O–H groups in total. The van der Waals surface area contributed by atoms with Crippen molar-refractivity contribution in [2.24, 2.45) is 0 Å². The summed E-state index contributed by atoms with van der Waals surface area (Å²) in [4.78, 5) is 11.1. The number of hydrogen-bond acceptors (Lipinski definition) is 4. The van der Waals surface area contributed by atoms with Crippen molar-refractivity contribution in [3.8, 4) is 0 Å². The Morgan fingerprint density at radius 2 is 2.05 bits per heavy atom. The molecule has 102 valence electrons. The van der Waals surface area contributed by atoms with E-state index in [1.54, 1.807) is 12.3 Å². The number of benzene rings is 1. The summed E-state index contributed by atoms with van der Waals surface area (Å²) in [6.45, 7) is 2.90. The summed E-state index contributed by atoms with van der Waals surface area (Å²) in [6, 6.07) is 4.63. The Kier molecular flexibility index (Phi) is 2.56. The van der Waals surface area contributed by atoms with Crippen LogP contribution in [0.1, 0.15) is 0 Å². The lowest BCUT2D eigenvalue weighted by Gasteiger charge is -2.28. The molecule has 2 aromatic heterocycles. The average molecular weight is 272 g/mol. The molecule has 5 nitrogen and oxygen atoms in total. The van der Waals surface area contributed by atoms with E-state index in [-0.39, 0.29) is 5.82 Å². The average Bonchev–Trinajstić information content (AvgIpc) is 2.96. The van der Waals surface area contributed by atoms with Crippen LogP contribution >= 0.6 is 0 Å². The summed E-state index contributed by atoms with van der Waals surface area (Å²) in [5.74, 6) is 0.508. The second-order valence-corrected chi connectivity index (χ2v) is 4.79. The zero-order chi connectivity index (χ0) is 13.5. The molecular weight excluding hydrogens is 259 g/mol. The standard InChI is InChI=1S/C14H13FN4O/c15-10-1-2-12-11(9-10)17-14(13-16-3-4-19(12)13)18-5-7-20-8-6-18/h1-4,9H,5-8H2. The van der Waals surface area contributed by atoms with Crippen LogP contribution in [0.5, 0.6) is 0 Å². The summed E-state index contributed by atoms with van der Waals surface area (Å²) >= 11 is 0. The summed E-state index contributed by atoms with van der Waals surface area (Å²) in [7, 11) is 0. The number of halogens is 1. The number of rotatable bonds is 1. The fourth-order valence-corrected chi connectivity index (χ4v) is 2.60. The molecule has 1 saturated heterocycles. The van der Waals surface area contributed by atoms with Crippen LogP contribution < -0.4 is 4.90 Å². The molecule has 1 aliphatic rings. The van der Waals surface area contributed by atoms with E-state index in [9.17, 15) is 4.39 Å². The number of morpholine rings is 1. The third kappa shape index (κ3) is 1.72.